The molecule has 0 atom stereocenters. The Labute approximate surface area is 161 Å². The largest absolute Gasteiger partial charge is 0.497 e. The summed E-state index contributed by atoms with van der Waals surface area (Å²) in [6, 6.07) is 9.81. The Hall–Kier alpha value is -3.26. The Morgan fingerprint density at radius 1 is 1.04 bits per heavy atom. The van der Waals surface area contributed by atoms with Gasteiger partial charge in [0.05, 0.1) is 32.6 Å². The smallest absolute Gasteiger partial charge is 0.329 e. The molecule has 0 heterocycles. The molecule has 2 amide bonds. The van der Waals surface area contributed by atoms with Crippen LogP contribution in [0.25, 0.3) is 0 Å². The molecule has 0 fully saturated rings. The first kappa shape index (κ1) is 20.1. The van der Waals surface area contributed by atoms with Gasteiger partial charge in [-0.05, 0) is 29.8 Å². The maximum absolute atomic E-state index is 11.9. The van der Waals surface area contributed by atoms with Crippen LogP contribution in [-0.2, 0) is 9.59 Å². The van der Waals surface area contributed by atoms with Gasteiger partial charge in [0, 0.05) is 11.8 Å². The Morgan fingerprint density at radius 2 is 1.81 bits per heavy atom. The molecule has 8 nitrogen and oxygen atoms in total. The molecule has 0 unspecified atom stereocenters. The number of ether oxygens (including phenoxy) is 3. The topological polar surface area (TPSA) is 98.2 Å². The highest BCUT2D eigenvalue weighted by molar-refractivity contribution is 6.39. The van der Waals surface area contributed by atoms with Gasteiger partial charge in [0.15, 0.2) is 11.5 Å². The van der Waals surface area contributed by atoms with Crippen molar-refractivity contribution >= 4 is 35.3 Å². The summed E-state index contributed by atoms with van der Waals surface area (Å²) in [5, 5.41) is 6.51. The molecular weight excluding hydrogens is 374 g/mol. The monoisotopic (exact) mass is 391 g/mol. The highest BCUT2D eigenvalue weighted by Crippen LogP contribution is 2.35. The number of nitrogens with one attached hydrogen (secondary N) is 2. The van der Waals surface area contributed by atoms with E-state index in [2.05, 4.69) is 15.8 Å². The zero-order valence-corrected chi connectivity index (χ0v) is 15.7. The standard InChI is InChI=1S/C18H18ClN3O5/c1-25-13-6-4-5-12(9-13)21-17(23)18(24)22-20-10-11-7-14(19)16(27-3)15(8-11)26-2/h4-10H,1-3H3,(H,21,23)(H,22,24)/b20-10-. The number of hydrogen-bond donors (Lipinski definition) is 2. The van der Waals surface area contributed by atoms with Gasteiger partial charge >= 0.3 is 11.8 Å². The first-order chi connectivity index (χ1) is 13.0. The van der Waals surface area contributed by atoms with Crippen LogP contribution in [0.4, 0.5) is 5.69 Å². The van der Waals surface area contributed by atoms with Gasteiger partial charge in [0.25, 0.3) is 0 Å². The van der Waals surface area contributed by atoms with Gasteiger partial charge in [0.1, 0.15) is 5.75 Å². The molecule has 9 heteroatoms. The Kier molecular flexibility index (Phi) is 7.01. The third-order valence-corrected chi connectivity index (χ3v) is 3.65. The number of methoxy groups -OCH3 is 3. The third kappa shape index (κ3) is 5.35. The zero-order chi connectivity index (χ0) is 19.8. The Balaban J connectivity index is 2.00. The van der Waals surface area contributed by atoms with E-state index in [9.17, 15) is 9.59 Å². The normalized spacial score (nSPS) is 10.4. The molecule has 0 saturated carbocycles. The van der Waals surface area contributed by atoms with Crippen molar-refractivity contribution in [3.8, 4) is 17.2 Å². The number of carbonyl (C=O) groups is 2. The highest BCUT2D eigenvalue weighted by atomic mass is 35.5. The maximum atomic E-state index is 11.9. The number of nitrogens with zero attached hydrogens (tertiary/aromatic N) is 1. The molecule has 142 valence electrons. The summed E-state index contributed by atoms with van der Waals surface area (Å²) in [6.45, 7) is 0. The molecule has 2 N–H and O–H groups in total. The Bertz CT molecular complexity index is 870. The van der Waals surface area contributed by atoms with E-state index in [1.54, 1.807) is 36.4 Å². The fraction of sp³-hybridized carbons (Fsp3) is 0.167. The summed E-state index contributed by atoms with van der Waals surface area (Å²) in [5.41, 5.74) is 3.11. The number of anilines is 1. The predicted octanol–water partition coefficient (Wildman–Crippen LogP) is 2.45. The SMILES string of the molecule is COc1cccc(NC(=O)C(=O)N/N=C\c2cc(Cl)c(OC)c(OC)c2)c1. The lowest BCUT2D eigenvalue weighted by Gasteiger charge is -2.10. The molecule has 0 radical (unpaired) electrons. The average molecular weight is 392 g/mol. The zero-order valence-electron chi connectivity index (χ0n) is 14.9. The summed E-state index contributed by atoms with van der Waals surface area (Å²) in [4.78, 5) is 23.7. The van der Waals surface area contributed by atoms with Crippen LogP contribution in [-0.4, -0.2) is 39.4 Å². The quantitative estimate of drug-likeness (QED) is 0.447. The molecule has 0 saturated heterocycles. The van der Waals surface area contributed by atoms with Crippen molar-refractivity contribution in [3.05, 3.63) is 47.0 Å². The third-order valence-electron chi connectivity index (χ3n) is 3.37. The number of benzene rings is 2. The number of amides is 2. The van der Waals surface area contributed by atoms with E-state index in [0.29, 0.717) is 33.5 Å². The van der Waals surface area contributed by atoms with Crippen molar-refractivity contribution in [3.63, 3.8) is 0 Å². The van der Waals surface area contributed by atoms with Crippen LogP contribution >= 0.6 is 11.6 Å². The number of hydrazone groups is 1. The van der Waals surface area contributed by atoms with Crippen LogP contribution in [0, 0.1) is 0 Å². The van der Waals surface area contributed by atoms with Crippen molar-refractivity contribution in [2.45, 2.75) is 0 Å². The van der Waals surface area contributed by atoms with Crippen LogP contribution in [0.3, 0.4) is 0 Å². The van der Waals surface area contributed by atoms with Crippen molar-refractivity contribution in [1.29, 1.82) is 0 Å². The van der Waals surface area contributed by atoms with E-state index in [1.807, 2.05) is 0 Å². The molecule has 2 rings (SSSR count). The van der Waals surface area contributed by atoms with Crippen molar-refractivity contribution in [2.24, 2.45) is 5.10 Å². The number of hydrogen-bond acceptors (Lipinski definition) is 6. The van der Waals surface area contributed by atoms with Gasteiger partial charge in [-0.3, -0.25) is 9.59 Å². The van der Waals surface area contributed by atoms with E-state index >= 15 is 0 Å². The number of carbonyl (C=O) groups excluding carboxylic acids is 2. The summed E-state index contributed by atoms with van der Waals surface area (Å²) in [7, 11) is 4.45. The molecule has 0 aromatic heterocycles. The molecule has 0 bridgehead atoms. The molecule has 27 heavy (non-hydrogen) atoms. The van der Waals surface area contributed by atoms with Gasteiger partial charge in [-0.25, -0.2) is 5.43 Å². The van der Waals surface area contributed by atoms with Crippen LogP contribution in [0.2, 0.25) is 5.02 Å². The predicted molar refractivity (Wildman–Crippen MR) is 102 cm³/mol. The fourth-order valence-electron chi connectivity index (χ4n) is 2.12. The van der Waals surface area contributed by atoms with Gasteiger partial charge in [-0.15, -0.1) is 0 Å². The Morgan fingerprint density at radius 3 is 2.48 bits per heavy atom. The second kappa shape index (κ2) is 9.44. The second-order valence-electron chi connectivity index (χ2n) is 5.12. The second-order valence-corrected chi connectivity index (χ2v) is 5.53. The van der Waals surface area contributed by atoms with Crippen LogP contribution in [0.5, 0.6) is 17.2 Å². The first-order valence-corrected chi connectivity index (χ1v) is 8.06. The first-order valence-electron chi connectivity index (χ1n) is 7.68. The molecule has 2 aromatic rings. The van der Waals surface area contributed by atoms with E-state index in [4.69, 9.17) is 25.8 Å². The molecular formula is C18H18ClN3O5. The van der Waals surface area contributed by atoms with E-state index in [1.165, 1.54) is 27.5 Å². The fourth-order valence-corrected chi connectivity index (χ4v) is 2.41. The minimum absolute atomic E-state index is 0.320. The average Bonchev–Trinajstić information content (AvgIpc) is 2.67. The van der Waals surface area contributed by atoms with E-state index in [0.717, 1.165) is 0 Å². The molecule has 2 aromatic carbocycles. The van der Waals surface area contributed by atoms with Gasteiger partial charge in [0.2, 0.25) is 0 Å². The summed E-state index contributed by atoms with van der Waals surface area (Å²) in [6.07, 6.45) is 1.32. The number of rotatable bonds is 6. The van der Waals surface area contributed by atoms with Crippen molar-refractivity contribution in [2.75, 3.05) is 26.6 Å². The maximum Gasteiger partial charge on any atom is 0.329 e. The van der Waals surface area contributed by atoms with E-state index in [-0.39, 0.29) is 0 Å². The van der Waals surface area contributed by atoms with E-state index < -0.39 is 11.8 Å². The summed E-state index contributed by atoms with van der Waals surface area (Å²) < 4.78 is 15.4. The van der Waals surface area contributed by atoms with Gasteiger partial charge < -0.3 is 19.5 Å². The molecule has 0 spiro atoms. The lowest BCUT2D eigenvalue weighted by atomic mass is 10.2. The minimum atomic E-state index is -0.930. The van der Waals surface area contributed by atoms with Gasteiger partial charge in [-0.1, -0.05) is 17.7 Å². The lowest BCUT2D eigenvalue weighted by molar-refractivity contribution is -0.136. The van der Waals surface area contributed by atoms with Crippen LogP contribution < -0.4 is 25.0 Å². The van der Waals surface area contributed by atoms with Crippen LogP contribution in [0.1, 0.15) is 5.56 Å². The number of halogens is 1. The van der Waals surface area contributed by atoms with Crippen molar-refractivity contribution in [1.82, 2.24) is 5.43 Å². The van der Waals surface area contributed by atoms with Gasteiger partial charge in [-0.2, -0.15) is 5.10 Å². The molecule has 0 aliphatic rings. The molecule has 0 aliphatic carbocycles. The highest BCUT2D eigenvalue weighted by Gasteiger charge is 2.13. The summed E-state index contributed by atoms with van der Waals surface area (Å²) >= 11 is 6.09. The van der Waals surface area contributed by atoms with Crippen LogP contribution in [0.15, 0.2) is 41.5 Å². The summed E-state index contributed by atoms with van der Waals surface area (Å²) in [5.74, 6) is -0.450. The minimum Gasteiger partial charge on any atom is -0.497 e. The van der Waals surface area contributed by atoms with Crippen molar-refractivity contribution < 1.29 is 23.8 Å². The molecule has 0 aliphatic heterocycles. The lowest BCUT2D eigenvalue weighted by Crippen LogP contribution is -2.32.